The van der Waals surface area contributed by atoms with Gasteiger partial charge in [-0.1, -0.05) is 41.5 Å². The van der Waals surface area contributed by atoms with Crippen LogP contribution in [0.3, 0.4) is 0 Å². The van der Waals surface area contributed by atoms with Crippen LogP contribution in [0.1, 0.15) is 48.4 Å². The van der Waals surface area contributed by atoms with E-state index in [-0.39, 0.29) is 11.8 Å². The highest BCUT2D eigenvalue weighted by atomic mass is 32.2. The van der Waals surface area contributed by atoms with Gasteiger partial charge in [-0.25, -0.2) is 0 Å². The number of hydrogen-bond acceptors (Lipinski definition) is 3. The van der Waals surface area contributed by atoms with Crippen molar-refractivity contribution in [3.63, 3.8) is 0 Å². The van der Waals surface area contributed by atoms with Gasteiger partial charge in [-0.15, -0.1) is 11.8 Å². The maximum absolute atomic E-state index is 12.3. The molecule has 0 aromatic heterocycles. The summed E-state index contributed by atoms with van der Waals surface area (Å²) in [6, 6.07) is 0. The van der Waals surface area contributed by atoms with Gasteiger partial charge in [0, 0.05) is 4.11 Å². The molecule has 2 nitrogen and oxygen atoms in total. The molecule has 90 valence electrons. The van der Waals surface area contributed by atoms with Gasteiger partial charge in [0.2, 0.25) is 0 Å². The van der Waals surface area contributed by atoms with Crippen molar-refractivity contribution in [2.24, 2.45) is 16.7 Å². The van der Waals surface area contributed by atoms with Crippen molar-refractivity contribution in [3.05, 3.63) is 0 Å². The molecule has 0 unspecified atom stereocenters. The fraction of sp³-hybridized carbons (Fsp3) is 0.917. The maximum atomic E-state index is 12.3. The lowest BCUT2D eigenvalue weighted by Crippen LogP contribution is -2.39. The first-order valence-electron chi connectivity index (χ1n) is 7.39. The summed E-state index contributed by atoms with van der Waals surface area (Å²) in [6.45, 7) is 11.2. The summed E-state index contributed by atoms with van der Waals surface area (Å²) in [5, 5.41) is 0. The summed E-state index contributed by atoms with van der Waals surface area (Å²) < 4.78 is 41.1. The lowest BCUT2D eigenvalue weighted by Gasteiger charge is -2.38. The molecule has 0 N–H and O–H groups in total. The van der Waals surface area contributed by atoms with Crippen LogP contribution in [0.25, 0.3) is 0 Å². The first-order chi connectivity index (χ1) is 8.46. The standard InChI is InChI=1S/C12H24O2S/c1-11(2,3)9(12(4,5)6)10(13)14-8-15-7/h9H,8H2,1-7H3/i7D3,8D2. The SMILES string of the molecule is [2H]C([2H])([2H])SC([2H])([2H])OC(=O)C(C(C)(C)C)C(C)(C)C. The molecule has 0 heterocycles. The fourth-order valence-corrected chi connectivity index (χ4v) is 2.25. The predicted octanol–water partition coefficient (Wildman–Crippen LogP) is 3.56. The molecular formula is C12H24O2S. The third kappa shape index (κ3) is 4.92. The monoisotopic (exact) mass is 237 g/mol. The Kier molecular flexibility index (Phi) is 2.79. The van der Waals surface area contributed by atoms with Gasteiger partial charge >= 0.3 is 5.97 Å². The highest BCUT2D eigenvalue weighted by Crippen LogP contribution is 2.40. The molecule has 15 heavy (non-hydrogen) atoms. The topological polar surface area (TPSA) is 26.3 Å². The lowest BCUT2D eigenvalue weighted by atomic mass is 9.67. The fourth-order valence-electron chi connectivity index (χ4n) is 2.13. The van der Waals surface area contributed by atoms with Gasteiger partial charge in [-0.2, -0.15) is 0 Å². The van der Waals surface area contributed by atoms with Gasteiger partial charge in [0.25, 0.3) is 0 Å². The molecule has 0 saturated heterocycles. The molecule has 0 spiro atoms. The number of thioether (sulfide) groups is 1. The average Bonchev–Trinajstić information content (AvgIpc) is 1.87. The van der Waals surface area contributed by atoms with Crippen LogP contribution in [0.2, 0.25) is 0 Å². The van der Waals surface area contributed by atoms with E-state index in [1.165, 1.54) is 0 Å². The van der Waals surface area contributed by atoms with Gasteiger partial charge in [0.05, 0.1) is 8.66 Å². The molecule has 3 heteroatoms. The number of rotatable bonds is 3. The van der Waals surface area contributed by atoms with Crippen LogP contribution < -0.4 is 0 Å². The van der Waals surface area contributed by atoms with E-state index in [4.69, 9.17) is 11.6 Å². The molecule has 0 aliphatic carbocycles. The third-order valence-corrected chi connectivity index (χ3v) is 2.32. The van der Waals surface area contributed by atoms with E-state index in [9.17, 15) is 4.79 Å². The minimum atomic E-state index is -2.57. The number of esters is 1. The largest absolute Gasteiger partial charge is 0.454 e. The third-order valence-electron chi connectivity index (χ3n) is 2.15. The summed E-state index contributed by atoms with van der Waals surface area (Å²) in [7, 11) is 0. The molecule has 0 aromatic carbocycles. The van der Waals surface area contributed by atoms with Crippen LogP contribution in [-0.4, -0.2) is 18.0 Å². The Morgan fingerprint density at radius 1 is 1.33 bits per heavy atom. The zero-order valence-electron chi connectivity index (χ0n) is 15.3. The Hall–Kier alpha value is -0.180. The number of carbonyl (C=O) groups is 1. The van der Waals surface area contributed by atoms with Crippen LogP contribution in [0.5, 0.6) is 0 Å². The second kappa shape index (κ2) is 5.24. The smallest absolute Gasteiger partial charge is 0.310 e. The van der Waals surface area contributed by atoms with Gasteiger partial charge in [-0.3, -0.25) is 4.79 Å². The van der Waals surface area contributed by atoms with E-state index in [0.717, 1.165) is 0 Å². The predicted molar refractivity (Wildman–Crippen MR) is 66.9 cm³/mol. The molecule has 0 aromatic rings. The second-order valence-corrected chi connectivity index (χ2v) is 6.14. The molecule has 0 aliphatic rings. The van der Waals surface area contributed by atoms with Gasteiger partial charge in [0.1, 0.15) is 5.89 Å². The van der Waals surface area contributed by atoms with Gasteiger partial charge in [0.15, 0.2) is 0 Å². The van der Waals surface area contributed by atoms with Crippen LogP contribution >= 0.6 is 11.8 Å². The molecular weight excluding hydrogens is 208 g/mol. The van der Waals surface area contributed by atoms with Crippen molar-refractivity contribution in [2.75, 3.05) is 12.1 Å². The van der Waals surface area contributed by atoms with Crippen molar-refractivity contribution in [3.8, 4) is 0 Å². The highest BCUT2D eigenvalue weighted by molar-refractivity contribution is 7.98. The Labute approximate surface area is 105 Å². The second-order valence-electron chi connectivity index (χ2n) is 5.77. The minimum Gasteiger partial charge on any atom is -0.454 e. The van der Waals surface area contributed by atoms with Crippen LogP contribution in [0.4, 0.5) is 0 Å². The first kappa shape index (κ1) is 7.99. The molecule has 0 radical (unpaired) electrons. The zero-order valence-corrected chi connectivity index (χ0v) is 11.1. The normalized spacial score (nSPS) is 19.8. The van der Waals surface area contributed by atoms with Crippen LogP contribution in [-0.2, 0) is 9.53 Å². The zero-order chi connectivity index (χ0) is 16.6. The molecule has 0 saturated carbocycles. The Bertz CT molecular complexity index is 338. The molecule has 0 bridgehead atoms. The number of carbonyl (C=O) groups excluding carboxylic acids is 1. The summed E-state index contributed by atoms with van der Waals surface area (Å²) in [4.78, 5) is 12.3. The van der Waals surface area contributed by atoms with Gasteiger partial charge in [-0.05, 0) is 17.0 Å². The van der Waals surface area contributed by atoms with Crippen LogP contribution in [0, 0.1) is 16.7 Å². The maximum Gasteiger partial charge on any atom is 0.310 e. The van der Waals surface area contributed by atoms with Crippen molar-refractivity contribution in [1.29, 1.82) is 0 Å². The number of ether oxygens (including phenoxy) is 1. The molecule has 0 aliphatic heterocycles. The van der Waals surface area contributed by atoms with Crippen molar-refractivity contribution >= 4 is 17.7 Å². The van der Waals surface area contributed by atoms with E-state index in [0.29, 0.717) is 0 Å². The summed E-state index contributed by atoms with van der Waals surface area (Å²) in [5.41, 5.74) is -0.841. The van der Waals surface area contributed by atoms with Gasteiger partial charge < -0.3 is 4.74 Å². The van der Waals surface area contributed by atoms with E-state index in [1.54, 1.807) is 0 Å². The Morgan fingerprint density at radius 2 is 1.80 bits per heavy atom. The quantitative estimate of drug-likeness (QED) is 0.554. The summed E-state index contributed by atoms with van der Waals surface area (Å²) >= 11 is 0.0163. The van der Waals surface area contributed by atoms with E-state index < -0.39 is 34.8 Å². The highest BCUT2D eigenvalue weighted by Gasteiger charge is 2.41. The molecule has 0 fully saturated rings. The van der Waals surface area contributed by atoms with Crippen molar-refractivity contribution in [2.45, 2.75) is 41.5 Å². The van der Waals surface area contributed by atoms with Crippen LogP contribution in [0.15, 0.2) is 0 Å². The summed E-state index contributed by atoms with van der Waals surface area (Å²) in [6.07, 6.45) is -2.57. The summed E-state index contributed by atoms with van der Waals surface area (Å²) in [5.74, 6) is -3.84. The van der Waals surface area contributed by atoms with E-state index in [2.05, 4.69) is 0 Å². The van der Waals surface area contributed by atoms with Crippen molar-refractivity contribution in [1.82, 2.24) is 0 Å². The molecule has 0 atom stereocenters. The lowest BCUT2D eigenvalue weighted by molar-refractivity contribution is -0.155. The Morgan fingerprint density at radius 3 is 2.13 bits per heavy atom. The average molecular weight is 237 g/mol. The molecule has 0 amide bonds. The van der Waals surface area contributed by atoms with E-state index in [1.807, 2.05) is 41.5 Å². The minimum absolute atomic E-state index is 0.0163. The van der Waals surface area contributed by atoms with E-state index >= 15 is 0 Å². The Balaban J connectivity index is 5.14. The van der Waals surface area contributed by atoms with Crippen molar-refractivity contribution < 1.29 is 16.4 Å². The molecule has 0 rings (SSSR count). The number of hydrogen-bond donors (Lipinski definition) is 0. The first-order valence-corrected chi connectivity index (χ1v) is 5.70.